The molecule has 0 atom stereocenters. The molecule has 0 aliphatic heterocycles. The van der Waals surface area contributed by atoms with E-state index in [-0.39, 0.29) is 22.1 Å². The Balaban J connectivity index is 2.41. The highest BCUT2D eigenvalue weighted by Crippen LogP contribution is 2.33. The van der Waals surface area contributed by atoms with E-state index in [1.165, 1.54) is 24.0 Å². The summed E-state index contributed by atoms with van der Waals surface area (Å²) >= 11 is 1.17. The van der Waals surface area contributed by atoms with Crippen LogP contribution in [-0.2, 0) is 0 Å². The minimum atomic E-state index is -0.549. The second-order valence-corrected chi connectivity index (χ2v) is 4.77. The van der Waals surface area contributed by atoms with E-state index in [1.807, 2.05) is 30.3 Å². The number of aromatic nitrogens is 1. The van der Waals surface area contributed by atoms with E-state index in [0.717, 1.165) is 4.90 Å². The van der Waals surface area contributed by atoms with E-state index in [9.17, 15) is 10.1 Å². The van der Waals surface area contributed by atoms with Crippen LogP contribution in [0.1, 0.15) is 5.56 Å². The molecular weight excluding hydrogens is 280 g/mol. The Hall–Kier alpha value is -2.61. The van der Waals surface area contributed by atoms with Gasteiger partial charge in [0, 0.05) is 22.7 Å². The van der Waals surface area contributed by atoms with Crippen molar-refractivity contribution in [3.05, 3.63) is 58.3 Å². The fraction of sp³-hybridized carbons (Fsp3) is 0. The predicted molar refractivity (Wildman–Crippen MR) is 74.0 cm³/mol. The van der Waals surface area contributed by atoms with E-state index in [1.54, 1.807) is 0 Å². The molecule has 102 valence electrons. The summed E-state index contributed by atoms with van der Waals surface area (Å²) in [6.45, 7) is 0. The van der Waals surface area contributed by atoms with Gasteiger partial charge in [-0.25, -0.2) is 4.98 Å². The number of nitrogens with zero attached hydrogens (tertiary/aromatic N) is 3. The molecule has 1 aromatic carbocycles. The van der Waals surface area contributed by atoms with Gasteiger partial charge in [0.05, 0.1) is 4.92 Å². The topological polar surface area (TPSA) is 115 Å². The molecule has 0 unspecified atom stereocenters. The van der Waals surface area contributed by atoms with Crippen molar-refractivity contribution in [3.63, 3.8) is 0 Å². The third-order valence-electron chi connectivity index (χ3n) is 2.39. The van der Waals surface area contributed by atoms with Crippen molar-refractivity contribution < 1.29 is 10.1 Å². The zero-order chi connectivity index (χ0) is 14.5. The van der Waals surface area contributed by atoms with Crippen molar-refractivity contribution in [1.82, 2.24) is 4.98 Å². The van der Waals surface area contributed by atoms with Crippen molar-refractivity contribution >= 4 is 23.3 Å². The van der Waals surface area contributed by atoms with Gasteiger partial charge >= 0.3 is 5.69 Å². The molecule has 8 heteroatoms. The average Bonchev–Trinajstić information content (AvgIpc) is 2.47. The summed E-state index contributed by atoms with van der Waals surface area (Å²) < 4.78 is 0. The standard InChI is InChI=1S/C12H10N4O3S/c13-11(15-17)8-6-10(16(18)19)12(14-7-8)20-9-4-2-1-3-5-9/h1-7,17H,(H2,13,15). The second kappa shape index (κ2) is 6.02. The Kier molecular flexibility index (Phi) is 4.16. The Bertz CT molecular complexity index is 661. The molecule has 0 fully saturated rings. The van der Waals surface area contributed by atoms with Crippen LogP contribution in [0.25, 0.3) is 0 Å². The van der Waals surface area contributed by atoms with Gasteiger partial charge in [0.25, 0.3) is 0 Å². The lowest BCUT2D eigenvalue weighted by molar-refractivity contribution is -0.388. The average molecular weight is 290 g/mol. The summed E-state index contributed by atoms with van der Waals surface area (Å²) in [5.74, 6) is -0.225. The molecule has 0 saturated heterocycles. The third-order valence-corrected chi connectivity index (χ3v) is 3.41. The van der Waals surface area contributed by atoms with Gasteiger partial charge in [-0.2, -0.15) is 0 Å². The van der Waals surface area contributed by atoms with Gasteiger partial charge in [0.2, 0.25) is 0 Å². The number of nitrogens with two attached hydrogens (primary N) is 1. The van der Waals surface area contributed by atoms with Crippen molar-refractivity contribution in [2.24, 2.45) is 10.9 Å². The van der Waals surface area contributed by atoms with Crippen LogP contribution in [0.4, 0.5) is 5.69 Å². The van der Waals surface area contributed by atoms with Crippen molar-refractivity contribution in [2.45, 2.75) is 9.92 Å². The maximum atomic E-state index is 11.1. The molecule has 7 nitrogen and oxygen atoms in total. The van der Waals surface area contributed by atoms with Crippen LogP contribution >= 0.6 is 11.8 Å². The van der Waals surface area contributed by atoms with Crippen LogP contribution in [0.3, 0.4) is 0 Å². The molecule has 1 aromatic heterocycles. The van der Waals surface area contributed by atoms with Crippen LogP contribution in [0.5, 0.6) is 0 Å². The molecule has 2 aromatic rings. The van der Waals surface area contributed by atoms with Crippen LogP contribution in [0.15, 0.2) is 57.7 Å². The van der Waals surface area contributed by atoms with Crippen molar-refractivity contribution in [2.75, 3.05) is 0 Å². The van der Waals surface area contributed by atoms with Crippen molar-refractivity contribution in [1.29, 1.82) is 0 Å². The van der Waals surface area contributed by atoms with Gasteiger partial charge < -0.3 is 10.9 Å². The lowest BCUT2D eigenvalue weighted by atomic mass is 10.2. The summed E-state index contributed by atoms with van der Waals surface area (Å²) in [5, 5.41) is 22.7. The molecule has 0 amide bonds. The number of oxime groups is 1. The first kappa shape index (κ1) is 13.8. The van der Waals surface area contributed by atoms with Crippen LogP contribution < -0.4 is 5.73 Å². The third kappa shape index (κ3) is 3.04. The summed E-state index contributed by atoms with van der Waals surface area (Å²) in [6, 6.07) is 10.4. The molecule has 0 aliphatic carbocycles. The maximum absolute atomic E-state index is 11.1. The molecule has 3 N–H and O–H groups in total. The number of benzene rings is 1. The molecule has 0 spiro atoms. The number of amidine groups is 1. The van der Waals surface area contributed by atoms with Crippen LogP contribution in [-0.4, -0.2) is 21.0 Å². The maximum Gasteiger partial charge on any atom is 0.302 e. The highest BCUT2D eigenvalue weighted by atomic mass is 32.2. The predicted octanol–water partition coefficient (Wildman–Crippen LogP) is 2.24. The van der Waals surface area contributed by atoms with Gasteiger partial charge in [0.1, 0.15) is 0 Å². The largest absolute Gasteiger partial charge is 0.409 e. The Morgan fingerprint density at radius 2 is 2.10 bits per heavy atom. The minimum Gasteiger partial charge on any atom is -0.409 e. The number of pyridine rings is 1. The summed E-state index contributed by atoms with van der Waals surface area (Å²) in [7, 11) is 0. The van der Waals surface area contributed by atoms with Gasteiger partial charge in [-0.1, -0.05) is 35.1 Å². The second-order valence-electron chi connectivity index (χ2n) is 3.71. The number of rotatable bonds is 4. The molecule has 1 heterocycles. The molecule has 0 saturated carbocycles. The number of nitro groups is 1. The van der Waals surface area contributed by atoms with Gasteiger partial charge in [-0.05, 0) is 12.1 Å². The van der Waals surface area contributed by atoms with Gasteiger partial charge in [0.15, 0.2) is 10.9 Å². The molecule has 0 bridgehead atoms. The van der Waals surface area contributed by atoms with E-state index >= 15 is 0 Å². The Morgan fingerprint density at radius 1 is 1.40 bits per heavy atom. The minimum absolute atomic E-state index is 0.191. The summed E-state index contributed by atoms with van der Waals surface area (Å²) in [4.78, 5) is 15.4. The van der Waals surface area contributed by atoms with Gasteiger partial charge in [-0.15, -0.1) is 0 Å². The number of hydrogen-bond donors (Lipinski definition) is 2. The lowest BCUT2D eigenvalue weighted by Gasteiger charge is -2.04. The SMILES string of the molecule is N/C(=N/O)c1cnc(Sc2ccccc2)c([N+](=O)[O-])c1. The summed E-state index contributed by atoms with van der Waals surface area (Å²) in [6.07, 6.45) is 1.33. The van der Waals surface area contributed by atoms with E-state index < -0.39 is 4.92 Å². The van der Waals surface area contributed by atoms with E-state index in [0.29, 0.717) is 0 Å². The number of hydrogen-bond acceptors (Lipinski definition) is 6. The first-order valence-corrected chi connectivity index (χ1v) is 6.28. The molecule has 0 radical (unpaired) electrons. The normalized spacial score (nSPS) is 11.3. The zero-order valence-electron chi connectivity index (χ0n) is 10.1. The highest BCUT2D eigenvalue weighted by molar-refractivity contribution is 7.99. The monoisotopic (exact) mass is 290 g/mol. The molecular formula is C12H10N4O3S. The smallest absolute Gasteiger partial charge is 0.302 e. The van der Waals surface area contributed by atoms with Crippen molar-refractivity contribution in [3.8, 4) is 0 Å². The molecule has 2 rings (SSSR count). The van der Waals surface area contributed by atoms with E-state index in [4.69, 9.17) is 10.9 Å². The molecule has 0 aliphatic rings. The quantitative estimate of drug-likeness (QED) is 0.293. The zero-order valence-corrected chi connectivity index (χ0v) is 10.9. The highest BCUT2D eigenvalue weighted by Gasteiger charge is 2.18. The van der Waals surface area contributed by atoms with Gasteiger partial charge in [-0.3, -0.25) is 10.1 Å². The Labute approximate surface area is 118 Å². The lowest BCUT2D eigenvalue weighted by Crippen LogP contribution is -2.14. The molecule has 20 heavy (non-hydrogen) atoms. The summed E-state index contributed by atoms with van der Waals surface area (Å²) in [5.41, 5.74) is 5.40. The van der Waals surface area contributed by atoms with Crippen LogP contribution in [0, 0.1) is 10.1 Å². The first-order chi connectivity index (χ1) is 9.61. The van der Waals surface area contributed by atoms with E-state index in [2.05, 4.69) is 10.1 Å². The van der Waals surface area contributed by atoms with Crippen LogP contribution in [0.2, 0.25) is 0 Å². The fourth-order valence-corrected chi connectivity index (χ4v) is 2.31. The first-order valence-electron chi connectivity index (χ1n) is 5.47. The fourth-order valence-electron chi connectivity index (χ4n) is 1.45. The Morgan fingerprint density at radius 3 is 2.70 bits per heavy atom.